The van der Waals surface area contributed by atoms with Crippen molar-refractivity contribution in [3.8, 4) is 0 Å². The van der Waals surface area contributed by atoms with Crippen LogP contribution in [-0.2, 0) is 10.0 Å². The highest BCUT2D eigenvalue weighted by molar-refractivity contribution is 8.01. The molecule has 0 atom stereocenters. The summed E-state index contributed by atoms with van der Waals surface area (Å²) in [5.41, 5.74) is 0.337. The van der Waals surface area contributed by atoms with Crippen LogP contribution in [0.1, 0.15) is 19.4 Å². The van der Waals surface area contributed by atoms with Gasteiger partial charge < -0.3 is 0 Å². The molecule has 2 aromatic rings. The molecule has 114 valence electrons. The number of halogens is 1. The lowest BCUT2D eigenvalue weighted by Gasteiger charge is -2.07. The third-order valence-electron chi connectivity index (χ3n) is 2.39. The Labute approximate surface area is 131 Å². The number of aryl methyl sites for hydroxylation is 1. The molecule has 0 saturated carbocycles. The summed E-state index contributed by atoms with van der Waals surface area (Å²) < 4.78 is 40.6. The molecule has 2 rings (SSSR count). The van der Waals surface area contributed by atoms with Crippen molar-refractivity contribution in [2.45, 2.75) is 35.3 Å². The van der Waals surface area contributed by atoms with Gasteiger partial charge in [-0.2, -0.15) is 0 Å². The van der Waals surface area contributed by atoms with Crippen LogP contribution in [0.2, 0.25) is 0 Å². The lowest BCUT2D eigenvalue weighted by molar-refractivity contribution is 0.598. The van der Waals surface area contributed by atoms with Gasteiger partial charge in [-0.05, 0) is 30.7 Å². The van der Waals surface area contributed by atoms with Crippen LogP contribution in [0.4, 0.5) is 9.52 Å². The number of thioether (sulfide) groups is 1. The predicted molar refractivity (Wildman–Crippen MR) is 82.8 cm³/mol. The number of benzene rings is 1. The molecule has 9 heteroatoms. The highest BCUT2D eigenvalue weighted by Crippen LogP contribution is 2.30. The maximum Gasteiger partial charge on any atom is 0.263 e. The van der Waals surface area contributed by atoms with Crippen molar-refractivity contribution < 1.29 is 12.8 Å². The first-order valence-electron chi connectivity index (χ1n) is 6.07. The molecule has 0 unspecified atom stereocenters. The van der Waals surface area contributed by atoms with Gasteiger partial charge >= 0.3 is 0 Å². The van der Waals surface area contributed by atoms with Crippen LogP contribution in [0, 0.1) is 12.7 Å². The Morgan fingerprint density at radius 1 is 1.33 bits per heavy atom. The normalized spacial score (nSPS) is 11.9. The fourth-order valence-corrected chi connectivity index (χ4v) is 5.02. The van der Waals surface area contributed by atoms with Crippen molar-refractivity contribution in [1.82, 2.24) is 10.2 Å². The van der Waals surface area contributed by atoms with E-state index < -0.39 is 15.8 Å². The fraction of sp³-hybridized carbons (Fsp3) is 0.333. The highest BCUT2D eigenvalue weighted by Gasteiger charge is 2.19. The number of sulfonamides is 1. The fourth-order valence-electron chi connectivity index (χ4n) is 1.58. The van der Waals surface area contributed by atoms with Gasteiger partial charge in [-0.1, -0.05) is 36.9 Å². The van der Waals surface area contributed by atoms with E-state index >= 15 is 0 Å². The van der Waals surface area contributed by atoms with Crippen molar-refractivity contribution in [3.63, 3.8) is 0 Å². The molecule has 0 saturated heterocycles. The van der Waals surface area contributed by atoms with Crippen molar-refractivity contribution in [3.05, 3.63) is 29.6 Å². The van der Waals surface area contributed by atoms with Crippen LogP contribution in [0.3, 0.4) is 0 Å². The molecule has 1 aromatic carbocycles. The summed E-state index contributed by atoms with van der Waals surface area (Å²) in [5.74, 6) is -0.474. The van der Waals surface area contributed by atoms with Gasteiger partial charge in [-0.15, -0.1) is 10.2 Å². The number of rotatable bonds is 5. The Hall–Kier alpha value is -1.19. The summed E-state index contributed by atoms with van der Waals surface area (Å²) in [6.07, 6.45) is 0. The summed E-state index contributed by atoms with van der Waals surface area (Å²) in [5, 5.41) is 8.26. The lowest BCUT2D eigenvalue weighted by atomic mass is 10.2. The number of hydrogen-bond donors (Lipinski definition) is 1. The molecule has 0 aliphatic rings. The van der Waals surface area contributed by atoms with Crippen LogP contribution in [0.15, 0.2) is 27.4 Å². The second-order valence-electron chi connectivity index (χ2n) is 4.56. The summed E-state index contributed by atoms with van der Waals surface area (Å²) in [6.45, 7) is 5.56. The van der Waals surface area contributed by atoms with Crippen molar-refractivity contribution >= 4 is 38.3 Å². The Kier molecular flexibility index (Phi) is 4.84. The maximum atomic E-state index is 13.0. The highest BCUT2D eigenvalue weighted by atomic mass is 32.2. The maximum absolute atomic E-state index is 13.0. The summed E-state index contributed by atoms with van der Waals surface area (Å²) in [4.78, 5) is 0.0252. The molecule has 5 nitrogen and oxygen atoms in total. The van der Waals surface area contributed by atoms with Gasteiger partial charge in [0.15, 0.2) is 4.34 Å². The minimum atomic E-state index is -3.79. The monoisotopic (exact) mass is 347 g/mol. The van der Waals surface area contributed by atoms with Gasteiger partial charge in [0.2, 0.25) is 5.13 Å². The van der Waals surface area contributed by atoms with Gasteiger partial charge in [0.1, 0.15) is 5.82 Å². The molecule has 0 bridgehead atoms. The molecule has 0 aliphatic heterocycles. The van der Waals surface area contributed by atoms with E-state index in [1.807, 2.05) is 13.8 Å². The zero-order valence-electron chi connectivity index (χ0n) is 11.6. The van der Waals surface area contributed by atoms with Crippen LogP contribution >= 0.6 is 23.1 Å². The molecule has 21 heavy (non-hydrogen) atoms. The molecule has 1 N–H and O–H groups in total. The Morgan fingerprint density at radius 3 is 2.67 bits per heavy atom. The summed E-state index contributed by atoms with van der Waals surface area (Å²) in [7, 11) is -3.79. The van der Waals surface area contributed by atoms with E-state index in [1.165, 1.54) is 42.2 Å². The minimum Gasteiger partial charge on any atom is -0.253 e. The molecule has 0 amide bonds. The first-order valence-corrected chi connectivity index (χ1v) is 9.25. The zero-order chi connectivity index (χ0) is 15.6. The van der Waals surface area contributed by atoms with Crippen LogP contribution in [0.25, 0.3) is 0 Å². The van der Waals surface area contributed by atoms with Gasteiger partial charge in [0, 0.05) is 5.25 Å². The van der Waals surface area contributed by atoms with Gasteiger partial charge in [-0.3, -0.25) is 4.72 Å². The molecule has 0 radical (unpaired) electrons. The minimum absolute atomic E-state index is 0.0252. The quantitative estimate of drug-likeness (QED) is 0.840. The smallest absolute Gasteiger partial charge is 0.253 e. The number of anilines is 1. The van der Waals surface area contributed by atoms with Crippen LogP contribution in [0.5, 0.6) is 0 Å². The number of aromatic nitrogens is 2. The van der Waals surface area contributed by atoms with Crippen LogP contribution < -0.4 is 4.72 Å². The van der Waals surface area contributed by atoms with E-state index in [0.29, 0.717) is 15.2 Å². The predicted octanol–water partition coefficient (Wildman–Crippen LogP) is 3.29. The number of hydrogen-bond acceptors (Lipinski definition) is 6. The Morgan fingerprint density at radius 2 is 2.05 bits per heavy atom. The zero-order valence-corrected chi connectivity index (χ0v) is 14.1. The summed E-state index contributed by atoms with van der Waals surface area (Å²) >= 11 is 2.67. The van der Waals surface area contributed by atoms with Gasteiger partial charge in [0.25, 0.3) is 10.0 Å². The van der Waals surface area contributed by atoms with E-state index in [2.05, 4.69) is 14.9 Å². The SMILES string of the molecule is Cc1cc(F)ccc1S(=O)(=O)Nc1nnc(SC(C)C)s1. The Balaban J connectivity index is 2.23. The van der Waals surface area contributed by atoms with E-state index in [9.17, 15) is 12.8 Å². The molecular weight excluding hydrogens is 333 g/mol. The second kappa shape index (κ2) is 6.29. The van der Waals surface area contributed by atoms with Gasteiger partial charge in [-0.25, -0.2) is 12.8 Å². The number of nitrogens with zero attached hydrogens (tertiary/aromatic N) is 2. The molecule has 1 heterocycles. The molecule has 0 aliphatic carbocycles. The third-order valence-corrected chi connectivity index (χ3v) is 5.95. The lowest BCUT2D eigenvalue weighted by Crippen LogP contribution is -2.14. The average molecular weight is 347 g/mol. The molecule has 0 fully saturated rings. The van der Waals surface area contributed by atoms with Crippen molar-refractivity contribution in [2.24, 2.45) is 0 Å². The molecular formula is C12H14FN3O2S3. The Bertz CT molecular complexity index is 744. The second-order valence-corrected chi connectivity index (χ2v) is 9.01. The van der Waals surface area contributed by atoms with E-state index in [4.69, 9.17) is 0 Å². The molecule has 1 aromatic heterocycles. The van der Waals surface area contributed by atoms with E-state index in [0.717, 1.165) is 6.07 Å². The van der Waals surface area contributed by atoms with Crippen LogP contribution in [-0.4, -0.2) is 23.9 Å². The third kappa shape index (κ3) is 4.14. The summed E-state index contributed by atoms with van der Waals surface area (Å²) in [6, 6.07) is 3.52. The van der Waals surface area contributed by atoms with Crippen molar-refractivity contribution in [1.29, 1.82) is 0 Å². The first-order chi connectivity index (χ1) is 9.78. The largest absolute Gasteiger partial charge is 0.263 e. The van der Waals surface area contributed by atoms with E-state index in [-0.39, 0.29) is 10.0 Å². The topological polar surface area (TPSA) is 72.0 Å². The first kappa shape index (κ1) is 16.2. The molecule has 0 spiro atoms. The van der Waals surface area contributed by atoms with Gasteiger partial charge in [0.05, 0.1) is 4.90 Å². The van der Waals surface area contributed by atoms with E-state index in [1.54, 1.807) is 0 Å². The average Bonchev–Trinajstić information content (AvgIpc) is 2.73. The van der Waals surface area contributed by atoms with Crippen molar-refractivity contribution in [2.75, 3.05) is 4.72 Å². The standard InChI is InChI=1S/C12H14FN3O2S3/c1-7(2)19-12-15-14-11(20-12)16-21(17,18)10-5-4-9(13)6-8(10)3/h4-7H,1-3H3,(H,14,16). The number of nitrogens with one attached hydrogen (secondary N) is 1.